The zero-order valence-electron chi connectivity index (χ0n) is 10.3. The van der Waals surface area contributed by atoms with Crippen molar-refractivity contribution < 1.29 is 19.4 Å². The van der Waals surface area contributed by atoms with E-state index in [0.717, 1.165) is 0 Å². The second kappa shape index (κ2) is 4.96. The van der Waals surface area contributed by atoms with Gasteiger partial charge in [-0.1, -0.05) is 25.1 Å². The van der Waals surface area contributed by atoms with Crippen molar-refractivity contribution in [2.24, 2.45) is 11.1 Å². The lowest BCUT2D eigenvalue weighted by atomic mass is 9.90. The molecule has 5 nitrogen and oxygen atoms in total. The predicted molar refractivity (Wildman–Crippen MR) is 65.4 cm³/mol. The Morgan fingerprint density at radius 1 is 1.56 bits per heavy atom. The summed E-state index contributed by atoms with van der Waals surface area (Å²) in [6.45, 7) is 3.90. The zero-order valence-corrected chi connectivity index (χ0v) is 10.3. The number of carbonyl (C=O) groups is 1. The van der Waals surface area contributed by atoms with Gasteiger partial charge in [0.1, 0.15) is 11.8 Å². The molecule has 1 aliphatic rings. The van der Waals surface area contributed by atoms with Gasteiger partial charge in [0.05, 0.1) is 19.8 Å². The number of para-hydroxylation sites is 1. The van der Waals surface area contributed by atoms with Gasteiger partial charge in [0, 0.05) is 11.0 Å². The molecule has 1 fully saturated rings. The molecule has 98 valence electrons. The Morgan fingerprint density at radius 2 is 2.22 bits per heavy atom. The third-order valence-corrected chi connectivity index (χ3v) is 3.00. The molecule has 18 heavy (non-hydrogen) atoms. The lowest BCUT2D eigenvalue weighted by Crippen LogP contribution is -2.44. The van der Waals surface area contributed by atoms with Gasteiger partial charge in [0.2, 0.25) is 0 Å². The van der Waals surface area contributed by atoms with Crippen LogP contribution in [0.1, 0.15) is 18.5 Å². The van der Waals surface area contributed by atoms with Gasteiger partial charge in [-0.25, -0.2) is 0 Å². The largest absolute Gasteiger partial charge is 0.492 e. The van der Waals surface area contributed by atoms with Crippen LogP contribution in [0.3, 0.4) is 0 Å². The fourth-order valence-electron chi connectivity index (χ4n) is 1.79. The van der Waals surface area contributed by atoms with Crippen LogP contribution in [-0.2, 0) is 9.53 Å². The van der Waals surface area contributed by atoms with Crippen LogP contribution in [0.25, 0.3) is 0 Å². The first-order valence-electron chi connectivity index (χ1n) is 5.80. The summed E-state index contributed by atoms with van der Waals surface area (Å²) in [6, 6.07) is 5.90. The van der Waals surface area contributed by atoms with E-state index in [-0.39, 0.29) is 5.41 Å². The molecule has 5 heteroatoms. The number of hydrogen-bond acceptors (Lipinski definition) is 4. The van der Waals surface area contributed by atoms with E-state index in [4.69, 9.17) is 20.3 Å². The van der Waals surface area contributed by atoms with Crippen molar-refractivity contribution >= 4 is 5.97 Å². The van der Waals surface area contributed by atoms with Gasteiger partial charge in [-0.2, -0.15) is 0 Å². The predicted octanol–water partition coefficient (Wildman–Crippen LogP) is 1.19. The van der Waals surface area contributed by atoms with Crippen LogP contribution in [0.4, 0.5) is 0 Å². The van der Waals surface area contributed by atoms with Crippen molar-refractivity contribution in [3.63, 3.8) is 0 Å². The molecular weight excluding hydrogens is 234 g/mol. The quantitative estimate of drug-likeness (QED) is 0.821. The highest BCUT2D eigenvalue weighted by atomic mass is 16.5. The molecule has 0 spiro atoms. The highest BCUT2D eigenvalue weighted by molar-refractivity contribution is 5.76. The maximum absolute atomic E-state index is 10.9. The average molecular weight is 251 g/mol. The molecule has 1 unspecified atom stereocenters. The second-order valence-corrected chi connectivity index (χ2v) is 4.95. The minimum absolute atomic E-state index is 0.0143. The van der Waals surface area contributed by atoms with Gasteiger partial charge in [-0.05, 0) is 6.07 Å². The number of carboxylic acids is 1. The van der Waals surface area contributed by atoms with Crippen molar-refractivity contribution in [3.05, 3.63) is 29.8 Å². The summed E-state index contributed by atoms with van der Waals surface area (Å²) < 4.78 is 10.8. The van der Waals surface area contributed by atoms with Gasteiger partial charge in [-0.3, -0.25) is 4.79 Å². The van der Waals surface area contributed by atoms with Gasteiger partial charge >= 0.3 is 5.97 Å². The molecule has 1 aliphatic heterocycles. The lowest BCUT2D eigenvalue weighted by Gasteiger charge is -2.37. The van der Waals surface area contributed by atoms with E-state index in [1.807, 2.05) is 0 Å². The monoisotopic (exact) mass is 251 g/mol. The number of ether oxygens (including phenoxy) is 2. The van der Waals surface area contributed by atoms with E-state index in [0.29, 0.717) is 31.1 Å². The van der Waals surface area contributed by atoms with Crippen LogP contribution in [-0.4, -0.2) is 30.9 Å². The number of rotatable bonds is 5. The SMILES string of the molecule is CC1(COc2ccccc2C(N)C(=O)O)COC1. The van der Waals surface area contributed by atoms with Gasteiger partial charge in [-0.15, -0.1) is 0 Å². The van der Waals surface area contributed by atoms with Crippen LogP contribution < -0.4 is 10.5 Å². The van der Waals surface area contributed by atoms with Crippen LogP contribution >= 0.6 is 0 Å². The van der Waals surface area contributed by atoms with E-state index in [2.05, 4.69) is 6.92 Å². The van der Waals surface area contributed by atoms with Crippen LogP contribution in [0.15, 0.2) is 24.3 Å². The van der Waals surface area contributed by atoms with Crippen molar-refractivity contribution in [3.8, 4) is 5.75 Å². The third-order valence-electron chi connectivity index (χ3n) is 3.00. The summed E-state index contributed by atoms with van der Waals surface area (Å²) in [5.74, 6) is -0.537. The first-order chi connectivity index (χ1) is 8.52. The maximum atomic E-state index is 10.9. The molecule has 0 saturated carbocycles. The minimum Gasteiger partial charge on any atom is -0.492 e. The highest BCUT2D eigenvalue weighted by Gasteiger charge is 2.34. The number of hydrogen-bond donors (Lipinski definition) is 2. The maximum Gasteiger partial charge on any atom is 0.325 e. The van der Waals surface area contributed by atoms with Crippen molar-refractivity contribution in [2.45, 2.75) is 13.0 Å². The molecular formula is C13H17NO4. The molecule has 3 N–H and O–H groups in total. The molecule has 0 amide bonds. The molecule has 1 aromatic rings. The van der Waals surface area contributed by atoms with E-state index in [9.17, 15) is 4.79 Å². The van der Waals surface area contributed by atoms with Gasteiger partial charge in [0.25, 0.3) is 0 Å². The molecule has 2 rings (SSSR count). The second-order valence-electron chi connectivity index (χ2n) is 4.95. The Kier molecular flexibility index (Phi) is 3.54. The van der Waals surface area contributed by atoms with Crippen LogP contribution in [0.2, 0.25) is 0 Å². The standard InChI is InChI=1S/C13H17NO4/c1-13(6-17-7-13)8-18-10-5-3-2-4-9(10)11(14)12(15)16/h2-5,11H,6-8,14H2,1H3,(H,15,16). The fraction of sp³-hybridized carbons (Fsp3) is 0.462. The van der Waals surface area contributed by atoms with E-state index >= 15 is 0 Å². The molecule has 0 aliphatic carbocycles. The molecule has 0 aromatic heterocycles. The van der Waals surface area contributed by atoms with Crippen molar-refractivity contribution in [2.75, 3.05) is 19.8 Å². The topological polar surface area (TPSA) is 81.8 Å². The van der Waals surface area contributed by atoms with E-state index < -0.39 is 12.0 Å². The number of benzene rings is 1. The summed E-state index contributed by atoms with van der Waals surface area (Å²) in [7, 11) is 0. The molecule has 1 saturated heterocycles. The van der Waals surface area contributed by atoms with Crippen LogP contribution in [0, 0.1) is 5.41 Å². The zero-order chi connectivity index (χ0) is 13.2. The fourth-order valence-corrected chi connectivity index (χ4v) is 1.79. The molecule has 1 aromatic carbocycles. The summed E-state index contributed by atoms with van der Waals surface area (Å²) in [5, 5.41) is 8.94. The Labute approximate surface area is 106 Å². The van der Waals surface area contributed by atoms with Crippen molar-refractivity contribution in [1.82, 2.24) is 0 Å². The first-order valence-corrected chi connectivity index (χ1v) is 5.80. The van der Waals surface area contributed by atoms with Gasteiger partial charge in [0.15, 0.2) is 0 Å². The summed E-state index contributed by atoms with van der Waals surface area (Å²) in [5.41, 5.74) is 6.13. The van der Waals surface area contributed by atoms with Crippen LogP contribution in [0.5, 0.6) is 5.75 Å². The molecule has 0 bridgehead atoms. The number of aliphatic carboxylic acids is 1. The summed E-state index contributed by atoms with van der Waals surface area (Å²) >= 11 is 0. The minimum atomic E-state index is -1.07. The Balaban J connectivity index is 2.09. The number of nitrogens with two attached hydrogens (primary N) is 1. The third kappa shape index (κ3) is 2.63. The van der Waals surface area contributed by atoms with E-state index in [1.54, 1.807) is 24.3 Å². The number of carboxylic acid groups (broad SMARTS) is 1. The van der Waals surface area contributed by atoms with Gasteiger partial charge < -0.3 is 20.3 Å². The smallest absolute Gasteiger partial charge is 0.325 e. The van der Waals surface area contributed by atoms with Crippen molar-refractivity contribution in [1.29, 1.82) is 0 Å². The lowest BCUT2D eigenvalue weighted by molar-refractivity contribution is -0.138. The first kappa shape index (κ1) is 12.9. The normalized spacial score (nSPS) is 18.8. The summed E-state index contributed by atoms with van der Waals surface area (Å²) in [4.78, 5) is 10.9. The highest BCUT2D eigenvalue weighted by Crippen LogP contribution is 2.30. The Morgan fingerprint density at radius 3 is 2.78 bits per heavy atom. The molecule has 1 heterocycles. The Hall–Kier alpha value is -1.59. The Bertz CT molecular complexity index is 442. The van der Waals surface area contributed by atoms with E-state index in [1.165, 1.54) is 0 Å². The molecule has 0 radical (unpaired) electrons. The summed E-state index contributed by atoms with van der Waals surface area (Å²) in [6.07, 6.45) is 0. The average Bonchev–Trinajstić information content (AvgIpc) is 2.33. The molecule has 1 atom stereocenters.